The van der Waals surface area contributed by atoms with Gasteiger partial charge in [-0.15, -0.1) is 0 Å². The number of esters is 3. The molecule has 0 amide bonds. The zero-order valence-corrected chi connectivity index (χ0v) is 43.9. The average Bonchev–Trinajstić information content (AvgIpc) is 3.33. The first-order valence-electron chi connectivity index (χ1n) is 28.1. The predicted molar refractivity (Wildman–Crippen MR) is 288 cm³/mol. The molecule has 67 heavy (non-hydrogen) atoms. The highest BCUT2D eigenvalue weighted by Crippen LogP contribution is 2.16. The summed E-state index contributed by atoms with van der Waals surface area (Å²) in [5, 5.41) is 0. The van der Waals surface area contributed by atoms with Crippen LogP contribution in [-0.4, -0.2) is 37.2 Å². The van der Waals surface area contributed by atoms with Gasteiger partial charge in [-0.25, -0.2) is 0 Å². The minimum Gasteiger partial charge on any atom is -0.462 e. The van der Waals surface area contributed by atoms with E-state index in [0.717, 1.165) is 89.9 Å². The van der Waals surface area contributed by atoms with Crippen molar-refractivity contribution in [1.82, 2.24) is 0 Å². The molecule has 0 saturated heterocycles. The summed E-state index contributed by atoms with van der Waals surface area (Å²) in [6.07, 6.45) is 71.5. The van der Waals surface area contributed by atoms with E-state index in [4.69, 9.17) is 14.2 Å². The fourth-order valence-corrected chi connectivity index (χ4v) is 7.73. The van der Waals surface area contributed by atoms with E-state index in [9.17, 15) is 14.4 Å². The fraction of sp³-hybridized carbons (Fsp3) is 0.721. The second-order valence-electron chi connectivity index (χ2n) is 18.5. The van der Waals surface area contributed by atoms with Gasteiger partial charge in [-0.2, -0.15) is 0 Å². The summed E-state index contributed by atoms with van der Waals surface area (Å²) in [5.74, 6) is -0.948. The van der Waals surface area contributed by atoms with Gasteiger partial charge in [-0.05, 0) is 70.6 Å². The van der Waals surface area contributed by atoms with Gasteiger partial charge in [0.05, 0.1) is 0 Å². The highest BCUT2D eigenvalue weighted by Gasteiger charge is 2.19. The Bertz CT molecular complexity index is 1300. The Morgan fingerprint density at radius 1 is 0.313 bits per heavy atom. The van der Waals surface area contributed by atoms with Gasteiger partial charge in [0.15, 0.2) is 6.10 Å². The number of unbranched alkanes of at least 4 members (excludes halogenated alkanes) is 25. The van der Waals surface area contributed by atoms with Crippen LogP contribution >= 0.6 is 0 Å². The molecule has 1 unspecified atom stereocenters. The number of carbonyl (C=O) groups excluding carboxylic acids is 3. The van der Waals surface area contributed by atoms with Crippen LogP contribution in [0.4, 0.5) is 0 Å². The summed E-state index contributed by atoms with van der Waals surface area (Å²) < 4.78 is 16.8. The van der Waals surface area contributed by atoms with Crippen LogP contribution in [0.15, 0.2) is 85.1 Å². The van der Waals surface area contributed by atoms with Gasteiger partial charge in [0.2, 0.25) is 0 Å². The van der Waals surface area contributed by atoms with Crippen LogP contribution in [0, 0.1) is 0 Å². The van der Waals surface area contributed by atoms with E-state index in [1.165, 1.54) is 128 Å². The Morgan fingerprint density at radius 2 is 0.582 bits per heavy atom. The van der Waals surface area contributed by atoms with Crippen LogP contribution in [0.3, 0.4) is 0 Å². The molecule has 0 aromatic carbocycles. The number of hydrogen-bond donors (Lipinski definition) is 0. The average molecular weight is 933 g/mol. The lowest BCUT2D eigenvalue weighted by Crippen LogP contribution is -2.30. The van der Waals surface area contributed by atoms with Crippen LogP contribution in [0.25, 0.3) is 0 Å². The molecule has 0 fully saturated rings. The van der Waals surface area contributed by atoms with Crippen molar-refractivity contribution in [3.05, 3.63) is 85.1 Å². The third-order valence-corrected chi connectivity index (χ3v) is 11.9. The molecule has 384 valence electrons. The normalized spacial score (nSPS) is 12.7. The first-order valence-corrected chi connectivity index (χ1v) is 28.1. The summed E-state index contributed by atoms with van der Waals surface area (Å²) in [7, 11) is 0. The largest absolute Gasteiger partial charge is 0.462 e. The van der Waals surface area contributed by atoms with Crippen LogP contribution < -0.4 is 0 Å². The molecule has 0 bridgehead atoms. The Kier molecular flexibility index (Phi) is 52.4. The van der Waals surface area contributed by atoms with Crippen LogP contribution in [0.1, 0.15) is 265 Å². The molecule has 1 atom stereocenters. The quantitative estimate of drug-likeness (QED) is 0.0262. The van der Waals surface area contributed by atoms with Gasteiger partial charge in [0.25, 0.3) is 0 Å². The van der Waals surface area contributed by atoms with Crippen molar-refractivity contribution in [2.75, 3.05) is 13.2 Å². The maximum atomic E-state index is 12.8. The maximum Gasteiger partial charge on any atom is 0.306 e. The molecule has 6 heteroatoms. The van der Waals surface area contributed by atoms with Gasteiger partial charge in [0.1, 0.15) is 13.2 Å². The molecular formula is C61H104O6. The summed E-state index contributed by atoms with van der Waals surface area (Å²) in [6.45, 7) is 6.48. The molecule has 0 spiro atoms. The highest BCUT2D eigenvalue weighted by atomic mass is 16.6. The van der Waals surface area contributed by atoms with E-state index < -0.39 is 6.10 Å². The monoisotopic (exact) mass is 933 g/mol. The summed E-state index contributed by atoms with van der Waals surface area (Å²) >= 11 is 0. The maximum absolute atomic E-state index is 12.8. The molecule has 0 aliphatic heterocycles. The van der Waals surface area contributed by atoms with Gasteiger partial charge >= 0.3 is 17.9 Å². The minimum atomic E-state index is -0.796. The first kappa shape index (κ1) is 63.6. The van der Waals surface area contributed by atoms with Crippen LogP contribution in [-0.2, 0) is 28.6 Å². The Hall–Kier alpha value is -3.41. The molecule has 0 aliphatic carbocycles. The zero-order chi connectivity index (χ0) is 48.6. The van der Waals surface area contributed by atoms with Gasteiger partial charge < -0.3 is 14.2 Å². The van der Waals surface area contributed by atoms with Crippen molar-refractivity contribution in [2.45, 2.75) is 271 Å². The van der Waals surface area contributed by atoms with Crippen molar-refractivity contribution < 1.29 is 28.6 Å². The lowest BCUT2D eigenvalue weighted by Gasteiger charge is -2.18. The molecule has 0 radical (unpaired) electrons. The van der Waals surface area contributed by atoms with Crippen molar-refractivity contribution in [3.8, 4) is 0 Å². The third kappa shape index (κ3) is 53.4. The third-order valence-electron chi connectivity index (χ3n) is 11.9. The van der Waals surface area contributed by atoms with E-state index in [-0.39, 0.29) is 37.5 Å². The molecule has 0 rings (SSSR count). The number of allylic oxidation sites excluding steroid dienone is 14. The van der Waals surface area contributed by atoms with Crippen LogP contribution in [0.5, 0.6) is 0 Å². The predicted octanol–water partition coefficient (Wildman–Crippen LogP) is 18.8. The molecule has 6 nitrogen and oxygen atoms in total. The van der Waals surface area contributed by atoms with Crippen molar-refractivity contribution in [1.29, 1.82) is 0 Å². The molecule has 0 aromatic heterocycles. The van der Waals surface area contributed by atoms with Gasteiger partial charge in [0, 0.05) is 19.3 Å². The summed E-state index contributed by atoms with van der Waals surface area (Å²) in [4.78, 5) is 38.0. The van der Waals surface area contributed by atoms with Crippen molar-refractivity contribution in [3.63, 3.8) is 0 Å². The van der Waals surface area contributed by atoms with E-state index >= 15 is 0 Å². The van der Waals surface area contributed by atoms with E-state index in [1.807, 2.05) is 0 Å². The second-order valence-corrected chi connectivity index (χ2v) is 18.5. The lowest BCUT2D eigenvalue weighted by atomic mass is 10.0. The number of hydrogen-bond acceptors (Lipinski definition) is 6. The highest BCUT2D eigenvalue weighted by molar-refractivity contribution is 5.71. The molecular weight excluding hydrogens is 829 g/mol. The Morgan fingerprint density at radius 3 is 0.910 bits per heavy atom. The minimum absolute atomic E-state index is 0.0914. The second kappa shape index (κ2) is 55.2. The number of carbonyl (C=O) groups is 3. The van der Waals surface area contributed by atoms with Crippen LogP contribution in [0.2, 0.25) is 0 Å². The molecule has 0 saturated carbocycles. The number of ether oxygens (including phenoxy) is 3. The van der Waals surface area contributed by atoms with E-state index in [1.54, 1.807) is 0 Å². The van der Waals surface area contributed by atoms with E-state index in [0.29, 0.717) is 19.3 Å². The van der Waals surface area contributed by atoms with Crippen molar-refractivity contribution >= 4 is 17.9 Å². The smallest absolute Gasteiger partial charge is 0.306 e. The summed E-state index contributed by atoms with van der Waals surface area (Å²) in [6, 6.07) is 0. The Balaban J connectivity index is 4.40. The molecule has 0 N–H and O–H groups in total. The van der Waals surface area contributed by atoms with Gasteiger partial charge in [-0.3, -0.25) is 14.4 Å². The standard InChI is InChI=1S/C61H104O6/c1-4-7-10-13-16-19-22-24-26-28-29-30-31-32-33-34-36-37-39-42-45-48-51-54-60(63)66-57-58(56-65-59(62)53-50-47-44-41-21-18-15-12-9-6-3)67-61(64)55-52-49-46-43-40-38-35-27-25-23-20-17-14-11-8-5-2/h7,10,16,19,24,26,29-30,32-33,36-37,42,45,58H,4-6,8-9,11-15,17-18,20-23,25,27-28,31,34-35,38-41,43-44,46-57H2,1-3H3/b10-7-,19-16-,26-24-,30-29-,33-32-,37-36-,45-42-. The number of rotatable bonds is 50. The van der Waals surface area contributed by atoms with Gasteiger partial charge in [-0.1, -0.05) is 260 Å². The molecule has 0 aliphatic rings. The topological polar surface area (TPSA) is 78.9 Å². The van der Waals surface area contributed by atoms with Crippen molar-refractivity contribution in [2.24, 2.45) is 0 Å². The molecule has 0 aromatic rings. The Labute approximate surface area is 414 Å². The SMILES string of the molecule is CC/C=C\C/C=C\C/C=C\C/C=C\C/C=C\C/C=C\C/C=C\CCCC(=O)OCC(COC(=O)CCCCCCCCCCCC)OC(=O)CCCCCCCCCCCCCCCCCC. The lowest BCUT2D eigenvalue weighted by molar-refractivity contribution is -0.167. The fourth-order valence-electron chi connectivity index (χ4n) is 7.73. The van der Waals surface area contributed by atoms with E-state index in [2.05, 4.69) is 106 Å². The first-order chi connectivity index (χ1) is 33.0. The molecule has 0 heterocycles. The summed E-state index contributed by atoms with van der Waals surface area (Å²) in [5.41, 5.74) is 0. The zero-order valence-electron chi connectivity index (χ0n) is 43.9.